The maximum absolute atomic E-state index is 12.7. The molecule has 2 aromatic carbocycles. The summed E-state index contributed by atoms with van der Waals surface area (Å²) in [5, 5.41) is 0. The molecule has 0 amide bonds. The van der Waals surface area contributed by atoms with Gasteiger partial charge in [-0.2, -0.15) is 0 Å². The standard InChI is InChI=1S/C35H46O8/c1-4-9-26-10-12-27(13-11-26)28-14-20-31(21-15-28)43-35(38)29-16-18-30(19-17-29)41-25-32(42-34(37)6-3)24-39-22-7-8-23-40-33(36)5-2/h5,14-21,26-27,32H,2,4,6-13,22-25H2,1,3H3. The van der Waals surface area contributed by atoms with Crippen LogP contribution in [0.5, 0.6) is 11.5 Å². The quantitative estimate of drug-likeness (QED) is 0.0773. The summed E-state index contributed by atoms with van der Waals surface area (Å²) in [7, 11) is 0. The summed E-state index contributed by atoms with van der Waals surface area (Å²) in [6, 6.07) is 14.6. The van der Waals surface area contributed by atoms with Crippen molar-refractivity contribution < 1.29 is 38.1 Å². The van der Waals surface area contributed by atoms with Crippen molar-refractivity contribution in [3.63, 3.8) is 0 Å². The van der Waals surface area contributed by atoms with E-state index < -0.39 is 18.0 Å². The van der Waals surface area contributed by atoms with Crippen LogP contribution < -0.4 is 9.47 Å². The van der Waals surface area contributed by atoms with Gasteiger partial charge in [0.25, 0.3) is 0 Å². The van der Waals surface area contributed by atoms with E-state index in [-0.39, 0.29) is 25.6 Å². The fourth-order valence-electron chi connectivity index (χ4n) is 5.18. The van der Waals surface area contributed by atoms with Crippen LogP contribution in [0, 0.1) is 5.92 Å². The number of carbonyl (C=O) groups is 3. The lowest BCUT2D eigenvalue weighted by Crippen LogP contribution is -2.30. The lowest BCUT2D eigenvalue weighted by molar-refractivity contribution is -0.153. The molecule has 0 saturated heterocycles. The molecule has 0 spiro atoms. The van der Waals surface area contributed by atoms with E-state index in [9.17, 15) is 14.4 Å². The zero-order valence-corrected chi connectivity index (χ0v) is 25.6. The van der Waals surface area contributed by atoms with E-state index in [1.54, 1.807) is 31.2 Å². The first-order valence-electron chi connectivity index (χ1n) is 15.5. The van der Waals surface area contributed by atoms with Crippen LogP contribution >= 0.6 is 0 Å². The normalized spacial score (nSPS) is 17.0. The van der Waals surface area contributed by atoms with Gasteiger partial charge in [-0.3, -0.25) is 4.79 Å². The third-order valence-corrected chi connectivity index (χ3v) is 7.62. The van der Waals surface area contributed by atoms with Gasteiger partial charge in [0.05, 0.1) is 18.8 Å². The molecule has 1 aliphatic rings. The number of carbonyl (C=O) groups excluding carboxylic acids is 3. The largest absolute Gasteiger partial charge is 0.490 e. The van der Waals surface area contributed by atoms with Gasteiger partial charge in [0.15, 0.2) is 6.10 Å². The molecule has 0 bridgehead atoms. The third-order valence-electron chi connectivity index (χ3n) is 7.62. The summed E-state index contributed by atoms with van der Waals surface area (Å²) < 4.78 is 27.4. The molecule has 1 atom stereocenters. The Labute approximate surface area is 255 Å². The summed E-state index contributed by atoms with van der Waals surface area (Å²) in [6.07, 6.45) is 9.74. The fourth-order valence-corrected chi connectivity index (χ4v) is 5.18. The average Bonchev–Trinajstić information content (AvgIpc) is 3.03. The Hall–Kier alpha value is -3.65. The Balaban J connectivity index is 1.42. The van der Waals surface area contributed by atoms with Crippen molar-refractivity contribution in [2.75, 3.05) is 26.4 Å². The molecule has 0 N–H and O–H groups in total. The predicted molar refractivity (Wildman–Crippen MR) is 164 cm³/mol. The summed E-state index contributed by atoms with van der Waals surface area (Å²) in [6.45, 7) is 8.31. The van der Waals surface area contributed by atoms with Crippen LogP contribution in [0.1, 0.15) is 93.5 Å². The van der Waals surface area contributed by atoms with Crippen LogP contribution in [-0.4, -0.2) is 50.4 Å². The molecule has 2 aromatic rings. The number of hydrogen-bond donors (Lipinski definition) is 0. The molecule has 0 aliphatic heterocycles. The Kier molecular flexibility index (Phi) is 14.8. The SMILES string of the molecule is C=CC(=O)OCCCCOCC(COc1ccc(C(=O)Oc2ccc(C3CCC(CCC)CC3)cc2)cc1)OC(=O)CC. The van der Waals surface area contributed by atoms with E-state index in [2.05, 4.69) is 25.6 Å². The van der Waals surface area contributed by atoms with E-state index in [4.69, 9.17) is 23.7 Å². The van der Waals surface area contributed by atoms with Gasteiger partial charge in [0.1, 0.15) is 18.1 Å². The number of unbranched alkanes of at least 4 members (excludes halogenated alkanes) is 1. The molecule has 3 rings (SSSR count). The molecule has 0 aromatic heterocycles. The van der Waals surface area contributed by atoms with Gasteiger partial charge in [-0.25, -0.2) is 9.59 Å². The Morgan fingerprint density at radius 1 is 0.884 bits per heavy atom. The van der Waals surface area contributed by atoms with E-state index in [0.29, 0.717) is 49.0 Å². The lowest BCUT2D eigenvalue weighted by Gasteiger charge is -2.28. The zero-order chi connectivity index (χ0) is 30.9. The predicted octanol–water partition coefficient (Wildman–Crippen LogP) is 7.21. The molecule has 8 heteroatoms. The second-order valence-corrected chi connectivity index (χ2v) is 10.9. The first-order chi connectivity index (χ1) is 20.9. The first kappa shape index (κ1) is 33.8. The third kappa shape index (κ3) is 12.2. The molecular weight excluding hydrogens is 548 g/mol. The van der Waals surface area contributed by atoms with Crippen LogP contribution in [0.2, 0.25) is 0 Å². The van der Waals surface area contributed by atoms with Crippen LogP contribution in [0.15, 0.2) is 61.2 Å². The van der Waals surface area contributed by atoms with Gasteiger partial charge in [-0.05, 0) is 92.3 Å². The Morgan fingerprint density at radius 3 is 2.21 bits per heavy atom. The lowest BCUT2D eigenvalue weighted by atomic mass is 9.77. The highest BCUT2D eigenvalue weighted by Crippen LogP contribution is 2.37. The number of esters is 3. The number of rotatable bonds is 18. The highest BCUT2D eigenvalue weighted by Gasteiger charge is 2.22. The van der Waals surface area contributed by atoms with E-state index in [1.165, 1.54) is 44.1 Å². The summed E-state index contributed by atoms with van der Waals surface area (Å²) >= 11 is 0. The first-order valence-corrected chi connectivity index (χ1v) is 15.5. The van der Waals surface area contributed by atoms with E-state index in [1.807, 2.05) is 12.1 Å². The van der Waals surface area contributed by atoms with Crippen molar-refractivity contribution in [2.24, 2.45) is 5.92 Å². The van der Waals surface area contributed by atoms with Gasteiger partial charge in [0.2, 0.25) is 0 Å². The molecule has 1 saturated carbocycles. The highest BCUT2D eigenvalue weighted by atomic mass is 16.6. The van der Waals surface area contributed by atoms with Crippen LogP contribution in [0.4, 0.5) is 0 Å². The number of ether oxygens (including phenoxy) is 5. The minimum atomic E-state index is -0.593. The Bertz CT molecular complexity index is 1130. The van der Waals surface area contributed by atoms with Crippen molar-refractivity contribution in [2.45, 2.75) is 83.7 Å². The van der Waals surface area contributed by atoms with Gasteiger partial charge in [0, 0.05) is 19.1 Å². The van der Waals surface area contributed by atoms with Gasteiger partial charge in [-0.1, -0.05) is 45.4 Å². The van der Waals surface area contributed by atoms with Gasteiger partial charge in [-0.15, -0.1) is 0 Å². The molecular formula is C35H46O8. The van der Waals surface area contributed by atoms with Crippen molar-refractivity contribution in [3.8, 4) is 11.5 Å². The molecule has 1 fully saturated rings. The molecule has 8 nitrogen and oxygen atoms in total. The second-order valence-electron chi connectivity index (χ2n) is 10.9. The van der Waals surface area contributed by atoms with Crippen LogP contribution in [0.3, 0.4) is 0 Å². The molecule has 234 valence electrons. The molecule has 1 unspecified atom stereocenters. The highest BCUT2D eigenvalue weighted by molar-refractivity contribution is 5.91. The van der Waals surface area contributed by atoms with Crippen molar-refractivity contribution >= 4 is 17.9 Å². The topological polar surface area (TPSA) is 97.4 Å². The Morgan fingerprint density at radius 2 is 1.56 bits per heavy atom. The zero-order valence-electron chi connectivity index (χ0n) is 25.6. The number of benzene rings is 2. The summed E-state index contributed by atoms with van der Waals surface area (Å²) in [4.78, 5) is 35.6. The minimum Gasteiger partial charge on any atom is -0.490 e. The summed E-state index contributed by atoms with van der Waals surface area (Å²) in [5.74, 6) is 1.26. The smallest absolute Gasteiger partial charge is 0.343 e. The fraction of sp³-hybridized carbons (Fsp3) is 0.514. The maximum atomic E-state index is 12.7. The average molecular weight is 595 g/mol. The summed E-state index contributed by atoms with van der Waals surface area (Å²) in [5.41, 5.74) is 1.72. The van der Waals surface area contributed by atoms with Crippen molar-refractivity contribution in [1.82, 2.24) is 0 Å². The minimum absolute atomic E-state index is 0.0963. The van der Waals surface area contributed by atoms with Gasteiger partial charge < -0.3 is 23.7 Å². The molecule has 1 aliphatic carbocycles. The van der Waals surface area contributed by atoms with Crippen LogP contribution in [0.25, 0.3) is 0 Å². The molecule has 0 heterocycles. The molecule has 43 heavy (non-hydrogen) atoms. The van der Waals surface area contributed by atoms with Crippen LogP contribution in [-0.2, 0) is 23.8 Å². The maximum Gasteiger partial charge on any atom is 0.343 e. The monoisotopic (exact) mass is 594 g/mol. The molecule has 0 radical (unpaired) electrons. The number of hydrogen-bond acceptors (Lipinski definition) is 8. The van der Waals surface area contributed by atoms with Crippen molar-refractivity contribution in [1.29, 1.82) is 0 Å². The van der Waals surface area contributed by atoms with Gasteiger partial charge >= 0.3 is 17.9 Å². The van der Waals surface area contributed by atoms with Crippen molar-refractivity contribution in [3.05, 3.63) is 72.3 Å². The van der Waals surface area contributed by atoms with E-state index in [0.717, 1.165) is 12.0 Å². The van der Waals surface area contributed by atoms with E-state index >= 15 is 0 Å². The second kappa shape index (κ2) is 18.8.